The van der Waals surface area contributed by atoms with Gasteiger partial charge >= 0.3 is 5.63 Å². The monoisotopic (exact) mass is 561 g/mol. The van der Waals surface area contributed by atoms with Gasteiger partial charge in [-0.25, -0.2) is 4.79 Å². The Balaban J connectivity index is 1.69. The molecule has 2 aromatic heterocycles. The molecule has 4 heterocycles. The molecular formula is C30H27NO10. The van der Waals surface area contributed by atoms with Crippen LogP contribution in [-0.4, -0.2) is 62.2 Å². The molecule has 11 heteroatoms. The number of hydrogen-bond acceptors (Lipinski definition) is 10. The summed E-state index contributed by atoms with van der Waals surface area (Å²) in [7, 11) is 6.06. The quantitative estimate of drug-likeness (QED) is 0.338. The van der Waals surface area contributed by atoms with Crippen LogP contribution in [-0.2, 0) is 18.9 Å². The highest BCUT2D eigenvalue weighted by Gasteiger charge is 2.45. The summed E-state index contributed by atoms with van der Waals surface area (Å²) in [6.07, 6.45) is 0.792. The highest BCUT2D eigenvalue weighted by atomic mass is 16.7. The van der Waals surface area contributed by atoms with Crippen LogP contribution < -0.4 is 15.1 Å². The fraction of sp³-hybridized carbons (Fsp3) is 0.300. The molecule has 0 saturated carbocycles. The molecule has 7 rings (SSSR count). The van der Waals surface area contributed by atoms with E-state index in [0.717, 1.165) is 11.1 Å². The molecule has 2 aromatic carbocycles. The predicted octanol–water partition coefficient (Wildman–Crippen LogP) is 4.43. The molecule has 2 N–H and O–H groups in total. The molecule has 4 aromatic rings. The fourth-order valence-electron chi connectivity index (χ4n) is 6.32. The van der Waals surface area contributed by atoms with Crippen LogP contribution in [0, 0.1) is 0 Å². The number of aromatic nitrogens is 1. The lowest BCUT2D eigenvalue weighted by atomic mass is 9.83. The van der Waals surface area contributed by atoms with Crippen molar-refractivity contribution in [3.8, 4) is 34.1 Å². The van der Waals surface area contributed by atoms with Crippen LogP contribution in [0.3, 0.4) is 0 Å². The van der Waals surface area contributed by atoms with Gasteiger partial charge in [-0.2, -0.15) is 0 Å². The molecule has 1 aliphatic carbocycles. The Hall–Kier alpha value is -4.45. The lowest BCUT2D eigenvalue weighted by Gasteiger charge is -2.36. The second kappa shape index (κ2) is 9.30. The van der Waals surface area contributed by atoms with Crippen LogP contribution >= 0.6 is 0 Å². The molecule has 2 aliphatic heterocycles. The van der Waals surface area contributed by atoms with Gasteiger partial charge in [0.05, 0.1) is 27.0 Å². The maximum absolute atomic E-state index is 13.8. The topological polar surface area (TPSA) is 131 Å². The van der Waals surface area contributed by atoms with Crippen molar-refractivity contribution in [1.29, 1.82) is 0 Å². The molecular weight excluding hydrogens is 534 g/mol. The molecule has 212 valence electrons. The molecule has 0 amide bonds. The first-order valence-corrected chi connectivity index (χ1v) is 12.9. The standard InChI is InChI=1S/C30H27NO10/c1-35-20-7-13(5-6-17(20)32)24-25-16-8-18(33)21(36-2)11-19(16)41-30(34)27(25)31-23-10-15-14(26(24)31)9-22(37-3)29(38-4)28(15)40-12-39-23/h5-9,11,23,28-29,32-33H,10,12H2,1-4H3. The zero-order valence-corrected chi connectivity index (χ0v) is 22.7. The van der Waals surface area contributed by atoms with Crippen LogP contribution in [0.4, 0.5) is 0 Å². The van der Waals surface area contributed by atoms with Crippen LogP contribution in [0.5, 0.6) is 23.0 Å². The second-order valence-electron chi connectivity index (χ2n) is 9.99. The second-order valence-corrected chi connectivity index (χ2v) is 9.99. The number of fused-ring (bicyclic) bond motifs is 8. The van der Waals surface area contributed by atoms with E-state index in [1.54, 1.807) is 26.4 Å². The minimum atomic E-state index is -0.591. The smallest absolute Gasteiger partial charge is 0.361 e. The lowest BCUT2D eigenvalue weighted by molar-refractivity contribution is -0.133. The third-order valence-corrected chi connectivity index (χ3v) is 8.09. The number of nitrogens with zero attached hydrogens (tertiary/aromatic N) is 1. The Morgan fingerprint density at radius 3 is 2.46 bits per heavy atom. The number of allylic oxidation sites excluding steroid dienone is 2. The predicted molar refractivity (Wildman–Crippen MR) is 147 cm³/mol. The van der Waals surface area contributed by atoms with Crippen LogP contribution in [0.1, 0.15) is 18.3 Å². The summed E-state index contributed by atoms with van der Waals surface area (Å²) >= 11 is 0. The van der Waals surface area contributed by atoms with Crippen molar-refractivity contribution in [2.45, 2.75) is 24.9 Å². The number of benzene rings is 2. The van der Waals surface area contributed by atoms with E-state index in [1.807, 2.05) is 10.6 Å². The van der Waals surface area contributed by atoms with Gasteiger partial charge in [0.2, 0.25) is 0 Å². The Bertz CT molecular complexity index is 1860. The number of rotatable bonds is 5. The third kappa shape index (κ3) is 3.52. The van der Waals surface area contributed by atoms with Gasteiger partial charge in [0, 0.05) is 41.5 Å². The van der Waals surface area contributed by atoms with E-state index in [-0.39, 0.29) is 40.9 Å². The number of phenols is 2. The van der Waals surface area contributed by atoms with Crippen LogP contribution in [0.25, 0.3) is 38.6 Å². The molecule has 0 spiro atoms. The van der Waals surface area contributed by atoms with Crippen molar-refractivity contribution in [1.82, 2.24) is 4.57 Å². The summed E-state index contributed by atoms with van der Waals surface area (Å²) in [6, 6.07) is 7.99. The first-order valence-electron chi connectivity index (χ1n) is 12.9. The highest BCUT2D eigenvalue weighted by Crippen LogP contribution is 2.52. The van der Waals surface area contributed by atoms with Gasteiger partial charge in [-0.3, -0.25) is 0 Å². The summed E-state index contributed by atoms with van der Waals surface area (Å²) < 4.78 is 42.2. The van der Waals surface area contributed by atoms with E-state index >= 15 is 0 Å². The van der Waals surface area contributed by atoms with Gasteiger partial charge in [0.25, 0.3) is 0 Å². The van der Waals surface area contributed by atoms with Crippen molar-refractivity contribution in [2.24, 2.45) is 0 Å². The summed E-state index contributed by atoms with van der Waals surface area (Å²) in [5, 5.41) is 22.2. The molecule has 1 saturated heterocycles. The van der Waals surface area contributed by atoms with Crippen molar-refractivity contribution in [3.63, 3.8) is 0 Å². The van der Waals surface area contributed by atoms with Crippen molar-refractivity contribution in [3.05, 3.63) is 63.9 Å². The highest BCUT2D eigenvalue weighted by molar-refractivity contribution is 6.16. The molecule has 0 radical (unpaired) electrons. The van der Waals surface area contributed by atoms with E-state index in [2.05, 4.69) is 0 Å². The van der Waals surface area contributed by atoms with Crippen molar-refractivity contribution >= 4 is 27.4 Å². The van der Waals surface area contributed by atoms with Gasteiger partial charge < -0.3 is 47.6 Å². The van der Waals surface area contributed by atoms with E-state index in [9.17, 15) is 15.0 Å². The van der Waals surface area contributed by atoms with E-state index in [0.29, 0.717) is 39.8 Å². The van der Waals surface area contributed by atoms with E-state index in [4.69, 9.17) is 32.8 Å². The summed E-state index contributed by atoms with van der Waals surface area (Å²) in [5.74, 6) is 0.838. The van der Waals surface area contributed by atoms with Gasteiger partial charge in [0.15, 0.2) is 23.0 Å². The normalized spacial score (nSPS) is 21.5. The Morgan fingerprint density at radius 1 is 0.951 bits per heavy atom. The minimum absolute atomic E-state index is 0.0324. The molecule has 41 heavy (non-hydrogen) atoms. The molecule has 2 bridgehead atoms. The van der Waals surface area contributed by atoms with Crippen molar-refractivity contribution in [2.75, 3.05) is 35.2 Å². The molecule has 3 unspecified atom stereocenters. The number of aromatic hydroxyl groups is 2. The Labute approximate surface area is 233 Å². The Kier molecular flexibility index (Phi) is 5.79. The summed E-state index contributed by atoms with van der Waals surface area (Å²) in [4.78, 5) is 13.8. The van der Waals surface area contributed by atoms with Gasteiger partial charge in [-0.15, -0.1) is 0 Å². The first-order chi connectivity index (χ1) is 19.9. The fourth-order valence-corrected chi connectivity index (χ4v) is 6.32. The van der Waals surface area contributed by atoms with Gasteiger partial charge in [-0.1, -0.05) is 6.07 Å². The van der Waals surface area contributed by atoms with Crippen LogP contribution in [0.2, 0.25) is 0 Å². The third-order valence-electron chi connectivity index (χ3n) is 8.09. The maximum Gasteiger partial charge on any atom is 0.361 e. The summed E-state index contributed by atoms with van der Waals surface area (Å²) in [5.41, 5.74) is 3.64. The molecule has 3 atom stereocenters. The minimum Gasteiger partial charge on any atom is -0.504 e. The number of methoxy groups -OCH3 is 4. The van der Waals surface area contributed by atoms with Gasteiger partial charge in [-0.05, 0) is 35.4 Å². The lowest BCUT2D eigenvalue weighted by Crippen LogP contribution is -2.38. The SMILES string of the molecule is COC1=CC2=C3CC(OCOC3C1OC)n1c2c(-c2ccc(O)c(OC)c2)c2c3cc(O)c(OC)cc3oc(=O)c21. The van der Waals surface area contributed by atoms with Gasteiger partial charge in [0.1, 0.15) is 42.1 Å². The first kappa shape index (κ1) is 25.5. The van der Waals surface area contributed by atoms with Crippen LogP contribution in [0.15, 0.2) is 57.0 Å². The largest absolute Gasteiger partial charge is 0.504 e. The van der Waals surface area contributed by atoms with E-state index < -0.39 is 24.1 Å². The Morgan fingerprint density at radius 2 is 1.73 bits per heavy atom. The summed E-state index contributed by atoms with van der Waals surface area (Å²) in [6.45, 7) is -0.0403. The molecule has 1 fully saturated rings. The van der Waals surface area contributed by atoms with E-state index in [1.165, 1.54) is 32.4 Å². The average Bonchev–Trinajstić information content (AvgIpc) is 3.22. The maximum atomic E-state index is 13.8. The average molecular weight is 562 g/mol. The number of ether oxygens (including phenoxy) is 6. The van der Waals surface area contributed by atoms with Crippen molar-refractivity contribution < 1.29 is 43.1 Å². The molecule has 11 nitrogen and oxygen atoms in total. The zero-order chi connectivity index (χ0) is 28.6. The number of phenolic OH excluding ortho intramolecular Hbond substituents is 2. The number of hydrogen-bond donors (Lipinski definition) is 2. The zero-order valence-electron chi connectivity index (χ0n) is 22.7. The molecule has 3 aliphatic rings.